The van der Waals surface area contributed by atoms with E-state index < -0.39 is 0 Å². The van der Waals surface area contributed by atoms with Gasteiger partial charge in [0, 0.05) is 42.5 Å². The molecule has 1 aromatic heterocycles. The highest BCUT2D eigenvalue weighted by molar-refractivity contribution is 6.06. The zero-order valence-corrected chi connectivity index (χ0v) is 17.5. The number of nitrogens with zero attached hydrogens (tertiary/aromatic N) is 2. The number of hydrogen-bond acceptors (Lipinski definition) is 4. The number of halogens is 2. The Hall–Kier alpha value is -2.61. The van der Waals surface area contributed by atoms with Crippen molar-refractivity contribution in [2.45, 2.75) is 13.0 Å². The molecule has 9 heteroatoms. The molecule has 0 saturated carbocycles. The Labute approximate surface area is 181 Å². The van der Waals surface area contributed by atoms with E-state index in [2.05, 4.69) is 27.5 Å². The third-order valence-electron chi connectivity index (χ3n) is 4.71. The first-order valence-electron chi connectivity index (χ1n) is 8.97. The standard InChI is InChI=1S/C20H21N5O2.2ClH/c1-13-11-25(8-7-21-13)20(27)15-3-2-4-16(9-15)24-19(26)14-5-6-17-18(10-14)23-12-22-17;;/h2-6,9-10,12-13,21H,7-8,11H2,1H3,(H,22,23)(H,24,26);2*1H. The van der Waals surface area contributed by atoms with Crippen LogP contribution in [0.25, 0.3) is 11.0 Å². The van der Waals surface area contributed by atoms with Crippen LogP contribution in [0, 0.1) is 0 Å². The lowest BCUT2D eigenvalue weighted by Gasteiger charge is -2.32. The molecule has 154 valence electrons. The van der Waals surface area contributed by atoms with Crippen molar-refractivity contribution in [2.24, 2.45) is 0 Å². The predicted molar refractivity (Wildman–Crippen MR) is 118 cm³/mol. The highest BCUT2D eigenvalue weighted by atomic mass is 35.5. The van der Waals surface area contributed by atoms with Crippen LogP contribution in [0.3, 0.4) is 0 Å². The number of nitrogens with one attached hydrogen (secondary N) is 3. The van der Waals surface area contributed by atoms with Crippen molar-refractivity contribution in [1.82, 2.24) is 20.2 Å². The topological polar surface area (TPSA) is 90.1 Å². The molecule has 4 rings (SSSR count). The molecule has 7 nitrogen and oxygen atoms in total. The SMILES string of the molecule is CC1CN(C(=O)c2cccc(NC(=O)c3ccc4nc[nH]c4c3)c2)CCN1.Cl.Cl. The monoisotopic (exact) mass is 435 g/mol. The first-order valence-corrected chi connectivity index (χ1v) is 8.97. The third kappa shape index (κ3) is 5.06. The third-order valence-corrected chi connectivity index (χ3v) is 4.71. The van der Waals surface area contributed by atoms with Crippen molar-refractivity contribution in [3.05, 3.63) is 59.9 Å². The maximum Gasteiger partial charge on any atom is 0.255 e. The van der Waals surface area contributed by atoms with Crippen LogP contribution < -0.4 is 10.6 Å². The lowest BCUT2D eigenvalue weighted by Crippen LogP contribution is -2.51. The van der Waals surface area contributed by atoms with Crippen molar-refractivity contribution in [1.29, 1.82) is 0 Å². The highest BCUT2D eigenvalue weighted by Crippen LogP contribution is 2.17. The van der Waals surface area contributed by atoms with Crippen LogP contribution in [0.2, 0.25) is 0 Å². The second-order valence-corrected chi connectivity index (χ2v) is 6.78. The van der Waals surface area contributed by atoms with E-state index >= 15 is 0 Å². The quantitative estimate of drug-likeness (QED) is 0.589. The van der Waals surface area contributed by atoms with E-state index in [9.17, 15) is 9.59 Å². The number of carbonyl (C=O) groups excluding carboxylic acids is 2. The molecule has 29 heavy (non-hydrogen) atoms. The highest BCUT2D eigenvalue weighted by Gasteiger charge is 2.21. The molecule has 1 saturated heterocycles. The Morgan fingerprint density at radius 3 is 2.76 bits per heavy atom. The Morgan fingerprint density at radius 2 is 1.97 bits per heavy atom. The molecule has 1 atom stereocenters. The van der Waals surface area contributed by atoms with Gasteiger partial charge in [-0.2, -0.15) is 0 Å². The van der Waals surface area contributed by atoms with Gasteiger partial charge in [0.2, 0.25) is 0 Å². The predicted octanol–water partition coefficient (Wildman–Crippen LogP) is 3.09. The summed E-state index contributed by atoms with van der Waals surface area (Å²) in [5.41, 5.74) is 3.31. The fourth-order valence-electron chi connectivity index (χ4n) is 3.31. The number of benzene rings is 2. The molecule has 1 aliphatic heterocycles. The van der Waals surface area contributed by atoms with Gasteiger partial charge in [-0.15, -0.1) is 24.8 Å². The molecule has 1 unspecified atom stereocenters. The second-order valence-electron chi connectivity index (χ2n) is 6.78. The van der Waals surface area contributed by atoms with Crippen LogP contribution in [0.4, 0.5) is 5.69 Å². The van der Waals surface area contributed by atoms with Gasteiger partial charge in [-0.25, -0.2) is 4.98 Å². The number of H-pyrrole nitrogens is 1. The summed E-state index contributed by atoms with van der Waals surface area (Å²) < 4.78 is 0. The van der Waals surface area contributed by atoms with Crippen molar-refractivity contribution in [3.63, 3.8) is 0 Å². The lowest BCUT2D eigenvalue weighted by molar-refractivity contribution is 0.0709. The Bertz CT molecular complexity index is 1010. The average Bonchev–Trinajstić information content (AvgIpc) is 3.15. The summed E-state index contributed by atoms with van der Waals surface area (Å²) in [5, 5.41) is 6.19. The molecule has 0 spiro atoms. The molecule has 2 aromatic carbocycles. The summed E-state index contributed by atoms with van der Waals surface area (Å²) >= 11 is 0. The van der Waals surface area contributed by atoms with E-state index in [1.165, 1.54) is 0 Å². The number of carbonyl (C=O) groups is 2. The molecule has 2 amide bonds. The summed E-state index contributed by atoms with van der Waals surface area (Å²) in [7, 11) is 0. The number of anilines is 1. The minimum absolute atomic E-state index is 0. The van der Waals surface area contributed by atoms with E-state index in [0.717, 1.165) is 17.6 Å². The minimum atomic E-state index is -0.230. The van der Waals surface area contributed by atoms with Crippen molar-refractivity contribution >= 4 is 53.3 Å². The summed E-state index contributed by atoms with van der Waals surface area (Å²) in [6.07, 6.45) is 1.60. The molecule has 1 aliphatic rings. The van der Waals surface area contributed by atoms with Crippen LogP contribution in [-0.2, 0) is 0 Å². The Kier molecular flexibility index (Phi) is 7.61. The molecule has 1 fully saturated rings. The average molecular weight is 436 g/mol. The number of fused-ring (bicyclic) bond motifs is 1. The summed E-state index contributed by atoms with van der Waals surface area (Å²) in [6.45, 7) is 4.22. The van der Waals surface area contributed by atoms with Gasteiger partial charge >= 0.3 is 0 Å². The maximum absolute atomic E-state index is 12.7. The largest absolute Gasteiger partial charge is 0.345 e. The molecule has 2 heterocycles. The van der Waals surface area contributed by atoms with E-state index in [0.29, 0.717) is 29.9 Å². The number of rotatable bonds is 3. The van der Waals surface area contributed by atoms with Crippen molar-refractivity contribution < 1.29 is 9.59 Å². The molecule has 3 aromatic rings. The van der Waals surface area contributed by atoms with Gasteiger partial charge in [0.05, 0.1) is 17.4 Å². The summed E-state index contributed by atoms with van der Waals surface area (Å²) in [4.78, 5) is 34.3. The van der Waals surface area contributed by atoms with Crippen LogP contribution in [0.15, 0.2) is 48.8 Å². The number of amides is 2. The fraction of sp³-hybridized carbons (Fsp3) is 0.250. The van der Waals surface area contributed by atoms with E-state index in [4.69, 9.17) is 0 Å². The number of hydrogen-bond donors (Lipinski definition) is 3. The Morgan fingerprint density at radius 1 is 1.14 bits per heavy atom. The minimum Gasteiger partial charge on any atom is -0.345 e. The van der Waals surface area contributed by atoms with Gasteiger partial charge in [0.15, 0.2) is 0 Å². The van der Waals surface area contributed by atoms with Gasteiger partial charge in [-0.05, 0) is 43.3 Å². The number of imidazole rings is 1. The fourth-order valence-corrected chi connectivity index (χ4v) is 3.31. The maximum atomic E-state index is 12.7. The molecule has 0 radical (unpaired) electrons. The first kappa shape index (κ1) is 22.7. The van der Waals surface area contributed by atoms with Gasteiger partial charge in [-0.1, -0.05) is 6.07 Å². The second kappa shape index (κ2) is 9.73. The molecular formula is C20H23Cl2N5O2. The first-order chi connectivity index (χ1) is 13.1. The number of aromatic nitrogens is 2. The summed E-state index contributed by atoms with van der Waals surface area (Å²) in [5.74, 6) is -0.245. The zero-order chi connectivity index (χ0) is 18.8. The van der Waals surface area contributed by atoms with E-state index in [1.54, 1.807) is 48.8 Å². The van der Waals surface area contributed by atoms with E-state index in [-0.39, 0.29) is 42.7 Å². The van der Waals surface area contributed by atoms with Crippen LogP contribution in [0.1, 0.15) is 27.6 Å². The van der Waals surface area contributed by atoms with Crippen LogP contribution >= 0.6 is 24.8 Å². The number of piperazine rings is 1. The van der Waals surface area contributed by atoms with Crippen LogP contribution in [0.5, 0.6) is 0 Å². The smallest absolute Gasteiger partial charge is 0.255 e. The lowest BCUT2D eigenvalue weighted by atomic mass is 10.1. The van der Waals surface area contributed by atoms with Gasteiger partial charge in [-0.3, -0.25) is 9.59 Å². The molecule has 3 N–H and O–H groups in total. The Balaban J connectivity index is 0.00000150. The van der Waals surface area contributed by atoms with Crippen molar-refractivity contribution in [3.8, 4) is 0 Å². The van der Waals surface area contributed by atoms with Gasteiger partial charge < -0.3 is 20.5 Å². The van der Waals surface area contributed by atoms with E-state index in [1.807, 2.05) is 4.90 Å². The normalized spacial score (nSPS) is 15.9. The van der Waals surface area contributed by atoms with Gasteiger partial charge in [0.1, 0.15) is 0 Å². The zero-order valence-electron chi connectivity index (χ0n) is 15.8. The summed E-state index contributed by atoms with van der Waals surface area (Å²) in [6, 6.07) is 12.6. The van der Waals surface area contributed by atoms with Crippen molar-refractivity contribution in [2.75, 3.05) is 25.0 Å². The molecule has 0 aliphatic carbocycles. The number of aromatic amines is 1. The molecular weight excluding hydrogens is 413 g/mol. The van der Waals surface area contributed by atoms with Gasteiger partial charge in [0.25, 0.3) is 11.8 Å². The molecule has 0 bridgehead atoms. The van der Waals surface area contributed by atoms with Crippen LogP contribution in [-0.4, -0.2) is 52.4 Å².